The molecule has 0 bridgehead atoms. The zero-order chi connectivity index (χ0) is 42.0. The maximum Gasteiger partial charge on any atom is 0.123 e. The number of hydrogen-bond donors (Lipinski definition) is 0. The van der Waals surface area contributed by atoms with E-state index in [0.29, 0.717) is 5.92 Å². The van der Waals surface area contributed by atoms with E-state index in [-0.39, 0.29) is 34.6 Å². The highest BCUT2D eigenvalue weighted by molar-refractivity contribution is 5.85. The summed E-state index contributed by atoms with van der Waals surface area (Å²) in [7, 11) is 0. The maximum absolute atomic E-state index is 14.0. The molecule has 2 aliphatic rings. The van der Waals surface area contributed by atoms with Gasteiger partial charge in [0.1, 0.15) is 5.82 Å². The number of anilines is 4. The molecule has 4 atom stereocenters. The van der Waals surface area contributed by atoms with E-state index in [1.165, 1.54) is 72.6 Å². The predicted octanol–water partition coefficient (Wildman–Crippen LogP) is 15.9. The van der Waals surface area contributed by atoms with E-state index in [1.54, 1.807) is 12.1 Å². The number of rotatable bonds is 12. The van der Waals surface area contributed by atoms with Gasteiger partial charge in [-0.25, -0.2) is 4.39 Å². The summed E-state index contributed by atoms with van der Waals surface area (Å²) in [5.41, 5.74) is 19.4. The third-order valence-electron chi connectivity index (χ3n) is 14.4. The summed E-state index contributed by atoms with van der Waals surface area (Å²) < 4.78 is 14.0. The lowest BCUT2D eigenvalue weighted by atomic mass is 9.79. The van der Waals surface area contributed by atoms with Crippen LogP contribution in [0.25, 0.3) is 22.3 Å². The maximum atomic E-state index is 14.0. The van der Waals surface area contributed by atoms with Crippen molar-refractivity contribution in [1.82, 2.24) is 0 Å². The molecule has 0 fully saturated rings. The Morgan fingerprint density at radius 3 is 1.41 bits per heavy atom. The molecule has 6 aromatic rings. The van der Waals surface area contributed by atoms with Gasteiger partial charge in [0.15, 0.2) is 0 Å². The highest BCUT2D eigenvalue weighted by Crippen LogP contribution is 2.53. The SMILES string of the molecule is CCC(C)c1ccc2c(c1)C(C)(C)c1cc(N(c3ccc(C)cc3)C(C)C(CC)c3ccc4c(c3)C(C)(C)c3cc(N(c5ccc(F)cc5)C(C)CC)ccc3-4)ccc1-2. The van der Waals surface area contributed by atoms with Crippen LogP contribution in [0.4, 0.5) is 27.1 Å². The second-order valence-corrected chi connectivity index (χ2v) is 18.7. The molecule has 0 saturated heterocycles. The molecule has 0 aliphatic heterocycles. The van der Waals surface area contributed by atoms with E-state index < -0.39 is 0 Å². The standard InChI is InChI=1S/C56H63FN2/c1-12-36(5)39-17-27-47-50-30-26-45(34-54(50)55(8,9)51(47)31-39)59(43-21-15-35(4)16-22-43)38(7)46(14-3)40-18-28-48-49-29-25-44(33-53(49)56(10,11)52(48)32-40)58(37(6)13-2)42-23-19-41(57)20-24-42/h15-34,36-38,46H,12-14H2,1-11H3. The summed E-state index contributed by atoms with van der Waals surface area (Å²) in [6.07, 6.45) is 3.14. The molecule has 0 amide bonds. The van der Waals surface area contributed by atoms with Gasteiger partial charge in [0.05, 0.1) is 0 Å². The number of nitrogens with zero attached hydrogens (tertiary/aromatic N) is 2. The number of halogens is 1. The minimum absolute atomic E-state index is 0.0957. The summed E-state index contributed by atoms with van der Waals surface area (Å²) in [6, 6.07) is 45.2. The van der Waals surface area contributed by atoms with Crippen molar-refractivity contribution < 1.29 is 4.39 Å². The Kier molecular flexibility index (Phi) is 10.6. The van der Waals surface area contributed by atoms with E-state index in [1.807, 2.05) is 12.1 Å². The van der Waals surface area contributed by atoms with Crippen molar-refractivity contribution in [3.63, 3.8) is 0 Å². The molecule has 0 heterocycles. The van der Waals surface area contributed by atoms with Crippen LogP contribution in [0.1, 0.15) is 139 Å². The Morgan fingerprint density at radius 2 is 0.898 bits per heavy atom. The van der Waals surface area contributed by atoms with Crippen LogP contribution in [0.3, 0.4) is 0 Å². The van der Waals surface area contributed by atoms with Crippen molar-refractivity contribution in [2.45, 2.75) is 130 Å². The van der Waals surface area contributed by atoms with Crippen molar-refractivity contribution in [1.29, 1.82) is 0 Å². The van der Waals surface area contributed by atoms with Crippen LogP contribution in [0.2, 0.25) is 0 Å². The molecule has 59 heavy (non-hydrogen) atoms. The van der Waals surface area contributed by atoms with Crippen LogP contribution in [-0.4, -0.2) is 12.1 Å². The van der Waals surface area contributed by atoms with Gasteiger partial charge in [0.2, 0.25) is 0 Å². The molecule has 3 heteroatoms. The first-order chi connectivity index (χ1) is 28.2. The monoisotopic (exact) mass is 782 g/mol. The van der Waals surface area contributed by atoms with Crippen LogP contribution in [-0.2, 0) is 10.8 Å². The largest absolute Gasteiger partial charge is 0.339 e. The molecule has 8 rings (SSSR count). The van der Waals surface area contributed by atoms with Gasteiger partial charge in [0, 0.05) is 51.6 Å². The zero-order valence-electron chi connectivity index (χ0n) is 37.3. The Bertz CT molecular complexity index is 2490. The van der Waals surface area contributed by atoms with Gasteiger partial charge in [-0.3, -0.25) is 0 Å². The molecule has 0 aromatic heterocycles. The molecule has 304 valence electrons. The average molecular weight is 783 g/mol. The van der Waals surface area contributed by atoms with E-state index in [2.05, 4.69) is 183 Å². The Morgan fingerprint density at radius 1 is 0.475 bits per heavy atom. The molecule has 2 aliphatic carbocycles. The molecule has 0 saturated carbocycles. The molecule has 0 spiro atoms. The highest BCUT2D eigenvalue weighted by atomic mass is 19.1. The highest BCUT2D eigenvalue weighted by Gasteiger charge is 2.39. The summed E-state index contributed by atoms with van der Waals surface area (Å²) in [5, 5.41) is 0. The van der Waals surface area contributed by atoms with E-state index in [4.69, 9.17) is 0 Å². The Hall–Kier alpha value is -5.15. The molecule has 2 nitrogen and oxygen atoms in total. The van der Waals surface area contributed by atoms with Crippen molar-refractivity contribution in [3.05, 3.63) is 166 Å². The lowest BCUT2D eigenvalue weighted by Gasteiger charge is -2.38. The quantitative estimate of drug-likeness (QED) is 0.122. The number of hydrogen-bond acceptors (Lipinski definition) is 2. The number of fused-ring (bicyclic) bond motifs is 6. The summed E-state index contributed by atoms with van der Waals surface area (Å²) in [6.45, 7) is 25.6. The summed E-state index contributed by atoms with van der Waals surface area (Å²) >= 11 is 0. The summed E-state index contributed by atoms with van der Waals surface area (Å²) in [4.78, 5) is 4.97. The normalized spacial score (nSPS) is 16.3. The minimum Gasteiger partial charge on any atom is -0.339 e. The Balaban J connectivity index is 1.16. The van der Waals surface area contributed by atoms with Crippen molar-refractivity contribution in [2.24, 2.45) is 0 Å². The Labute approximate surface area is 354 Å². The lowest BCUT2D eigenvalue weighted by Crippen LogP contribution is -2.34. The minimum atomic E-state index is -0.210. The first-order valence-electron chi connectivity index (χ1n) is 22.2. The van der Waals surface area contributed by atoms with Crippen molar-refractivity contribution in [3.8, 4) is 22.3 Å². The average Bonchev–Trinajstić information content (AvgIpc) is 3.60. The van der Waals surface area contributed by atoms with Gasteiger partial charge in [-0.2, -0.15) is 0 Å². The first kappa shape index (κ1) is 40.6. The van der Waals surface area contributed by atoms with Crippen LogP contribution in [0.15, 0.2) is 121 Å². The topological polar surface area (TPSA) is 6.48 Å². The molecule has 6 aromatic carbocycles. The first-order valence-corrected chi connectivity index (χ1v) is 22.2. The molecule has 0 N–H and O–H groups in total. The smallest absolute Gasteiger partial charge is 0.123 e. The lowest BCUT2D eigenvalue weighted by molar-refractivity contribution is 0.539. The fourth-order valence-electron chi connectivity index (χ4n) is 10.4. The number of aryl methyl sites for hydroxylation is 1. The fraction of sp³-hybridized carbons (Fsp3) is 0.357. The summed E-state index contributed by atoms with van der Waals surface area (Å²) in [5.74, 6) is 0.620. The number of benzene rings is 6. The molecule has 4 unspecified atom stereocenters. The van der Waals surface area contributed by atoms with Crippen LogP contribution in [0.5, 0.6) is 0 Å². The zero-order valence-corrected chi connectivity index (χ0v) is 37.3. The van der Waals surface area contributed by atoms with Gasteiger partial charge in [-0.15, -0.1) is 0 Å². The van der Waals surface area contributed by atoms with Crippen LogP contribution < -0.4 is 9.80 Å². The van der Waals surface area contributed by atoms with Gasteiger partial charge in [-0.1, -0.05) is 122 Å². The van der Waals surface area contributed by atoms with Crippen molar-refractivity contribution >= 4 is 22.7 Å². The third kappa shape index (κ3) is 6.89. The molecule has 0 radical (unpaired) electrons. The molecular formula is C56H63FN2. The molecular weight excluding hydrogens is 720 g/mol. The van der Waals surface area contributed by atoms with Gasteiger partial charge < -0.3 is 9.80 Å². The third-order valence-corrected chi connectivity index (χ3v) is 14.4. The fourth-order valence-corrected chi connectivity index (χ4v) is 10.4. The van der Waals surface area contributed by atoms with Crippen LogP contribution in [0, 0.1) is 12.7 Å². The second-order valence-electron chi connectivity index (χ2n) is 18.7. The predicted molar refractivity (Wildman–Crippen MR) is 251 cm³/mol. The van der Waals surface area contributed by atoms with Gasteiger partial charge in [0.25, 0.3) is 0 Å². The van der Waals surface area contributed by atoms with E-state index in [9.17, 15) is 4.39 Å². The van der Waals surface area contributed by atoms with E-state index in [0.717, 1.165) is 30.6 Å². The van der Waals surface area contributed by atoms with E-state index >= 15 is 0 Å². The van der Waals surface area contributed by atoms with Gasteiger partial charge >= 0.3 is 0 Å². The van der Waals surface area contributed by atoms with Crippen molar-refractivity contribution in [2.75, 3.05) is 9.80 Å². The van der Waals surface area contributed by atoms with Gasteiger partial charge in [-0.05, 0) is 162 Å². The van der Waals surface area contributed by atoms with Crippen LogP contribution >= 0.6 is 0 Å². The second kappa shape index (κ2) is 15.5.